The van der Waals surface area contributed by atoms with Crippen LogP contribution in [0.1, 0.15) is 40.7 Å². The predicted octanol–water partition coefficient (Wildman–Crippen LogP) is 3.56. The summed E-state index contributed by atoms with van der Waals surface area (Å²) in [5.74, 6) is 0.0513. The lowest BCUT2D eigenvalue weighted by molar-refractivity contribution is 0.0552. The molecule has 2 aromatic rings. The molecule has 0 bridgehead atoms. The van der Waals surface area contributed by atoms with Gasteiger partial charge in [0.05, 0.1) is 13.1 Å². The fraction of sp³-hybridized carbons (Fsp3) is 0.462. The standard InChI is InChI=1S/C26H31N3O3/c30-24(23-11-5-4-10-22(23)18-27-14-6-7-15-27)28-17-13-26(19-28)20-29(25(31)32-26)16-12-21-8-2-1-3-9-21/h1-5,8-11H,6-7,12-20H2. The first-order valence-electron chi connectivity index (χ1n) is 11.7. The highest BCUT2D eigenvalue weighted by Crippen LogP contribution is 2.33. The molecule has 32 heavy (non-hydrogen) atoms. The first-order valence-corrected chi connectivity index (χ1v) is 11.7. The zero-order valence-corrected chi connectivity index (χ0v) is 18.5. The number of hydrogen-bond donors (Lipinski definition) is 0. The van der Waals surface area contributed by atoms with Crippen molar-refractivity contribution in [1.82, 2.24) is 14.7 Å². The van der Waals surface area contributed by atoms with Crippen molar-refractivity contribution in [1.29, 1.82) is 0 Å². The van der Waals surface area contributed by atoms with E-state index in [1.54, 1.807) is 4.90 Å². The van der Waals surface area contributed by atoms with Gasteiger partial charge in [-0.1, -0.05) is 48.5 Å². The second-order valence-electron chi connectivity index (χ2n) is 9.33. The normalized spacial score (nSPS) is 23.3. The van der Waals surface area contributed by atoms with Gasteiger partial charge in [-0.25, -0.2) is 4.79 Å². The van der Waals surface area contributed by atoms with Gasteiger partial charge in [0.2, 0.25) is 0 Å². The second kappa shape index (κ2) is 8.94. The number of benzene rings is 2. The monoisotopic (exact) mass is 433 g/mol. The minimum absolute atomic E-state index is 0.0513. The topological polar surface area (TPSA) is 53.1 Å². The van der Waals surface area contributed by atoms with Crippen LogP contribution in [0.25, 0.3) is 0 Å². The highest BCUT2D eigenvalue weighted by molar-refractivity contribution is 5.96. The van der Waals surface area contributed by atoms with Crippen molar-refractivity contribution in [3.05, 3.63) is 71.3 Å². The molecule has 3 aliphatic heterocycles. The number of likely N-dealkylation sites (tertiary alicyclic amines) is 2. The van der Waals surface area contributed by atoms with Crippen molar-refractivity contribution >= 4 is 12.0 Å². The van der Waals surface area contributed by atoms with E-state index in [0.717, 1.165) is 37.2 Å². The Kier molecular flexibility index (Phi) is 5.87. The molecule has 1 spiro atoms. The summed E-state index contributed by atoms with van der Waals surface area (Å²) in [6.07, 6.45) is 3.71. The molecule has 168 valence electrons. The molecule has 3 aliphatic rings. The molecular formula is C26H31N3O3. The highest BCUT2D eigenvalue weighted by atomic mass is 16.6. The van der Waals surface area contributed by atoms with Crippen LogP contribution < -0.4 is 0 Å². The average Bonchev–Trinajstić information content (AvgIpc) is 3.54. The zero-order chi connectivity index (χ0) is 22.0. The number of hydrogen-bond acceptors (Lipinski definition) is 4. The maximum absolute atomic E-state index is 13.4. The number of carbonyl (C=O) groups is 2. The molecule has 3 saturated heterocycles. The van der Waals surface area contributed by atoms with Crippen LogP contribution in [-0.4, -0.2) is 71.6 Å². The third-order valence-corrected chi connectivity index (χ3v) is 7.00. The van der Waals surface area contributed by atoms with E-state index in [0.29, 0.717) is 32.6 Å². The van der Waals surface area contributed by atoms with Crippen molar-refractivity contribution < 1.29 is 14.3 Å². The quantitative estimate of drug-likeness (QED) is 0.699. The lowest BCUT2D eigenvalue weighted by atomic mass is 10.0. The molecule has 0 saturated carbocycles. The summed E-state index contributed by atoms with van der Waals surface area (Å²) < 4.78 is 5.85. The Morgan fingerprint density at radius 2 is 1.69 bits per heavy atom. The summed E-state index contributed by atoms with van der Waals surface area (Å²) in [5, 5.41) is 0. The first-order chi connectivity index (χ1) is 15.6. The average molecular weight is 434 g/mol. The molecule has 3 fully saturated rings. The summed E-state index contributed by atoms with van der Waals surface area (Å²) in [4.78, 5) is 32.0. The maximum atomic E-state index is 13.4. The lowest BCUT2D eigenvalue weighted by Gasteiger charge is -2.23. The lowest BCUT2D eigenvalue weighted by Crippen LogP contribution is -2.40. The van der Waals surface area contributed by atoms with Gasteiger partial charge in [-0.3, -0.25) is 9.69 Å². The Morgan fingerprint density at radius 1 is 0.938 bits per heavy atom. The Bertz CT molecular complexity index is 973. The summed E-state index contributed by atoms with van der Waals surface area (Å²) in [6, 6.07) is 18.1. The fourth-order valence-electron chi connectivity index (χ4n) is 5.22. The predicted molar refractivity (Wildman–Crippen MR) is 122 cm³/mol. The van der Waals surface area contributed by atoms with Gasteiger partial charge in [0.1, 0.15) is 0 Å². The maximum Gasteiger partial charge on any atom is 0.410 e. The van der Waals surface area contributed by atoms with Gasteiger partial charge >= 0.3 is 6.09 Å². The van der Waals surface area contributed by atoms with Crippen LogP contribution in [-0.2, 0) is 17.7 Å². The summed E-state index contributed by atoms with van der Waals surface area (Å²) in [7, 11) is 0. The van der Waals surface area contributed by atoms with Gasteiger partial charge in [0.15, 0.2) is 5.60 Å². The van der Waals surface area contributed by atoms with Crippen LogP contribution in [0.15, 0.2) is 54.6 Å². The van der Waals surface area contributed by atoms with Crippen molar-refractivity contribution in [3.63, 3.8) is 0 Å². The molecule has 3 heterocycles. The van der Waals surface area contributed by atoms with Gasteiger partial charge in [-0.05, 0) is 49.5 Å². The SMILES string of the molecule is O=C1OC2(CCN(C(=O)c3ccccc3CN3CCCC3)C2)CN1CCc1ccccc1. The third kappa shape index (κ3) is 4.37. The van der Waals surface area contributed by atoms with Crippen LogP contribution in [0.5, 0.6) is 0 Å². The molecule has 0 aliphatic carbocycles. The molecule has 0 N–H and O–H groups in total. The molecule has 6 heteroatoms. The van der Waals surface area contributed by atoms with Crippen molar-refractivity contribution in [2.45, 2.75) is 37.8 Å². The number of nitrogens with zero attached hydrogens (tertiary/aromatic N) is 3. The molecular weight excluding hydrogens is 402 g/mol. The number of carbonyl (C=O) groups excluding carboxylic acids is 2. The van der Waals surface area contributed by atoms with Crippen molar-refractivity contribution in [2.75, 3.05) is 39.3 Å². The minimum Gasteiger partial charge on any atom is -0.439 e. The Hall–Kier alpha value is -2.86. The summed E-state index contributed by atoms with van der Waals surface area (Å²) in [6.45, 7) is 5.31. The van der Waals surface area contributed by atoms with Gasteiger partial charge in [0.25, 0.3) is 5.91 Å². The van der Waals surface area contributed by atoms with E-state index in [2.05, 4.69) is 23.1 Å². The third-order valence-electron chi connectivity index (χ3n) is 7.00. The van der Waals surface area contributed by atoms with E-state index in [-0.39, 0.29) is 12.0 Å². The smallest absolute Gasteiger partial charge is 0.410 e. The van der Waals surface area contributed by atoms with Crippen LogP contribution >= 0.6 is 0 Å². The van der Waals surface area contributed by atoms with Gasteiger partial charge in [-0.2, -0.15) is 0 Å². The van der Waals surface area contributed by atoms with Crippen molar-refractivity contribution in [3.8, 4) is 0 Å². The second-order valence-corrected chi connectivity index (χ2v) is 9.33. The Labute approximate surface area is 189 Å². The highest BCUT2D eigenvalue weighted by Gasteiger charge is 2.50. The van der Waals surface area contributed by atoms with Crippen LogP contribution in [0.2, 0.25) is 0 Å². The van der Waals surface area contributed by atoms with Gasteiger partial charge < -0.3 is 14.5 Å². The Balaban J connectivity index is 1.23. The van der Waals surface area contributed by atoms with Crippen molar-refractivity contribution in [2.24, 2.45) is 0 Å². The molecule has 2 amide bonds. The van der Waals surface area contributed by atoms with E-state index in [9.17, 15) is 9.59 Å². The van der Waals surface area contributed by atoms with E-state index < -0.39 is 5.60 Å². The van der Waals surface area contributed by atoms with E-state index in [1.807, 2.05) is 41.3 Å². The van der Waals surface area contributed by atoms with Crippen LogP contribution in [0.4, 0.5) is 4.79 Å². The van der Waals surface area contributed by atoms with E-state index in [4.69, 9.17) is 4.74 Å². The molecule has 2 aromatic carbocycles. The van der Waals surface area contributed by atoms with Gasteiger partial charge in [0, 0.05) is 31.6 Å². The van der Waals surface area contributed by atoms with Crippen LogP contribution in [0.3, 0.4) is 0 Å². The van der Waals surface area contributed by atoms with Gasteiger partial charge in [-0.15, -0.1) is 0 Å². The van der Waals surface area contributed by atoms with E-state index >= 15 is 0 Å². The first kappa shape index (κ1) is 21.0. The fourth-order valence-corrected chi connectivity index (χ4v) is 5.22. The summed E-state index contributed by atoms with van der Waals surface area (Å²) in [5.41, 5.74) is 2.50. The molecule has 0 radical (unpaired) electrons. The zero-order valence-electron chi connectivity index (χ0n) is 18.5. The van der Waals surface area contributed by atoms with Crippen LogP contribution in [0, 0.1) is 0 Å². The molecule has 0 aromatic heterocycles. The van der Waals surface area contributed by atoms with E-state index in [1.165, 1.54) is 18.4 Å². The molecule has 6 nitrogen and oxygen atoms in total. The largest absolute Gasteiger partial charge is 0.439 e. The minimum atomic E-state index is -0.576. The molecule has 1 unspecified atom stereocenters. The number of amides is 2. The summed E-state index contributed by atoms with van der Waals surface area (Å²) >= 11 is 0. The molecule has 5 rings (SSSR count). The molecule has 1 atom stereocenters. The number of rotatable bonds is 6. The Morgan fingerprint density at radius 3 is 2.50 bits per heavy atom. The number of ether oxygens (including phenoxy) is 1.